The smallest absolute Gasteiger partial charge is 0.0633 e. The van der Waals surface area contributed by atoms with Gasteiger partial charge in [0.1, 0.15) is 0 Å². The maximum absolute atomic E-state index is 4.31. The Morgan fingerprint density at radius 1 is 1.09 bits per heavy atom. The second kappa shape index (κ2) is 5.80. The minimum atomic E-state index is -0.945. The Bertz CT molecular complexity index is 771. The van der Waals surface area contributed by atoms with Gasteiger partial charge >= 0.3 is 0 Å². The van der Waals surface area contributed by atoms with E-state index in [4.69, 9.17) is 0 Å². The van der Waals surface area contributed by atoms with Crippen molar-refractivity contribution in [2.75, 3.05) is 20.0 Å². The van der Waals surface area contributed by atoms with E-state index in [0.29, 0.717) is 0 Å². The molecule has 0 heterocycles. The fraction of sp³-hybridized carbons (Fsp3) is 0.333. The maximum atomic E-state index is 4.31. The van der Waals surface area contributed by atoms with Crippen molar-refractivity contribution < 1.29 is 0 Å². The van der Waals surface area contributed by atoms with Crippen LogP contribution in [0.2, 0.25) is 0 Å². The fourth-order valence-electron chi connectivity index (χ4n) is 3.28. The lowest BCUT2D eigenvalue weighted by Crippen LogP contribution is -2.28. The summed E-state index contributed by atoms with van der Waals surface area (Å²) in [5.41, 5.74) is 3.85. The molecule has 120 valence electrons. The minimum absolute atomic E-state index is 0.0728. The summed E-state index contributed by atoms with van der Waals surface area (Å²) >= 11 is 0. The first-order chi connectivity index (χ1) is 10.8. The van der Waals surface area contributed by atoms with Crippen LogP contribution in [-0.4, -0.2) is 20.0 Å². The SMILES string of the molecule is C=C(NC1(c2cccc3ccccc23)CC1)/C(C)=C/[P+](C)(C)C. The molecule has 1 aliphatic rings. The summed E-state index contributed by atoms with van der Waals surface area (Å²) in [7, 11) is -0.945. The molecule has 0 amide bonds. The summed E-state index contributed by atoms with van der Waals surface area (Å²) in [5, 5.41) is 6.43. The number of benzene rings is 2. The van der Waals surface area contributed by atoms with E-state index in [1.807, 2.05) is 0 Å². The van der Waals surface area contributed by atoms with Gasteiger partial charge in [0.2, 0.25) is 0 Å². The zero-order valence-corrected chi connectivity index (χ0v) is 15.6. The van der Waals surface area contributed by atoms with Gasteiger partial charge in [0, 0.05) is 18.5 Å². The quantitative estimate of drug-likeness (QED) is 0.546. The van der Waals surface area contributed by atoms with Crippen LogP contribution in [0.3, 0.4) is 0 Å². The molecule has 1 saturated carbocycles. The Morgan fingerprint density at radius 3 is 2.39 bits per heavy atom. The minimum Gasteiger partial charge on any atom is -0.376 e. The third kappa shape index (κ3) is 3.51. The zero-order valence-electron chi connectivity index (χ0n) is 14.7. The highest BCUT2D eigenvalue weighted by Crippen LogP contribution is 2.51. The molecule has 2 aromatic rings. The summed E-state index contributed by atoms with van der Waals surface area (Å²) in [5.74, 6) is 2.40. The van der Waals surface area contributed by atoms with E-state index in [1.54, 1.807) is 0 Å². The van der Waals surface area contributed by atoms with Crippen molar-refractivity contribution >= 4 is 18.0 Å². The van der Waals surface area contributed by atoms with Crippen LogP contribution in [0.15, 0.2) is 66.1 Å². The number of hydrogen-bond acceptors (Lipinski definition) is 1. The highest BCUT2D eigenvalue weighted by molar-refractivity contribution is 7.76. The maximum Gasteiger partial charge on any atom is 0.0633 e. The Kier molecular flexibility index (Phi) is 4.10. The number of nitrogens with one attached hydrogen (secondary N) is 1. The van der Waals surface area contributed by atoms with Crippen LogP contribution in [0.5, 0.6) is 0 Å². The summed E-state index contributed by atoms with van der Waals surface area (Å²) in [6.07, 6.45) is 2.36. The van der Waals surface area contributed by atoms with Crippen LogP contribution >= 0.6 is 7.26 Å². The summed E-state index contributed by atoms with van der Waals surface area (Å²) < 4.78 is 0. The lowest BCUT2D eigenvalue weighted by molar-refractivity contribution is 0.599. The zero-order chi connectivity index (χ0) is 16.7. The number of rotatable bonds is 5. The molecule has 0 unspecified atom stereocenters. The molecule has 23 heavy (non-hydrogen) atoms. The van der Waals surface area contributed by atoms with Crippen molar-refractivity contribution in [1.29, 1.82) is 0 Å². The first-order valence-electron chi connectivity index (χ1n) is 8.27. The van der Waals surface area contributed by atoms with E-state index >= 15 is 0 Å². The van der Waals surface area contributed by atoms with Gasteiger partial charge in [-0.15, -0.1) is 0 Å². The van der Waals surface area contributed by atoms with Crippen LogP contribution < -0.4 is 5.32 Å². The van der Waals surface area contributed by atoms with Crippen LogP contribution in [0.4, 0.5) is 0 Å². The molecule has 1 nitrogen and oxygen atoms in total. The lowest BCUT2D eigenvalue weighted by Gasteiger charge is -2.23. The molecule has 2 heteroatoms. The molecule has 3 rings (SSSR count). The van der Waals surface area contributed by atoms with Gasteiger partial charge in [-0.25, -0.2) is 0 Å². The molecule has 0 aliphatic heterocycles. The normalized spacial score (nSPS) is 17.1. The van der Waals surface area contributed by atoms with E-state index in [9.17, 15) is 0 Å². The van der Waals surface area contributed by atoms with Crippen molar-refractivity contribution in [2.24, 2.45) is 0 Å². The monoisotopic (exact) mass is 324 g/mol. The summed E-state index contributed by atoms with van der Waals surface area (Å²) in [6.45, 7) is 13.5. The molecule has 0 radical (unpaired) electrons. The van der Waals surface area contributed by atoms with E-state index in [1.165, 1.54) is 34.8 Å². The first kappa shape index (κ1) is 16.3. The topological polar surface area (TPSA) is 12.0 Å². The molecule has 1 aliphatic carbocycles. The van der Waals surface area contributed by atoms with Gasteiger partial charge in [0.05, 0.1) is 31.4 Å². The Labute approximate surface area is 140 Å². The van der Waals surface area contributed by atoms with E-state index in [-0.39, 0.29) is 5.54 Å². The summed E-state index contributed by atoms with van der Waals surface area (Å²) in [4.78, 5) is 0. The van der Waals surface area contributed by atoms with Crippen molar-refractivity contribution in [3.63, 3.8) is 0 Å². The Hall–Kier alpha value is -1.59. The summed E-state index contributed by atoms with van der Waals surface area (Å²) in [6, 6.07) is 15.3. The molecular formula is C21H27NP+. The number of hydrogen-bond donors (Lipinski definition) is 1. The molecule has 0 spiro atoms. The Balaban J connectivity index is 1.91. The molecule has 0 aromatic heterocycles. The first-order valence-corrected chi connectivity index (χ1v) is 11.5. The third-order valence-corrected chi connectivity index (χ3v) is 5.66. The van der Waals surface area contributed by atoms with E-state index < -0.39 is 7.26 Å². The van der Waals surface area contributed by atoms with Gasteiger partial charge in [-0.3, -0.25) is 0 Å². The van der Waals surface area contributed by atoms with Gasteiger partial charge in [0.15, 0.2) is 0 Å². The predicted molar refractivity (Wildman–Crippen MR) is 106 cm³/mol. The van der Waals surface area contributed by atoms with Crippen molar-refractivity contribution in [3.8, 4) is 0 Å². The highest BCUT2D eigenvalue weighted by atomic mass is 31.2. The van der Waals surface area contributed by atoms with Gasteiger partial charge in [-0.05, 0) is 36.1 Å². The highest BCUT2D eigenvalue weighted by Gasteiger charge is 2.45. The van der Waals surface area contributed by atoms with E-state index in [2.05, 4.69) is 87.1 Å². The fourth-order valence-corrected chi connectivity index (χ4v) is 4.59. The molecule has 1 N–H and O–H groups in total. The molecule has 0 bridgehead atoms. The average molecular weight is 324 g/mol. The van der Waals surface area contributed by atoms with Crippen molar-refractivity contribution in [1.82, 2.24) is 5.32 Å². The van der Waals surface area contributed by atoms with E-state index in [0.717, 1.165) is 5.70 Å². The van der Waals surface area contributed by atoms with Crippen molar-refractivity contribution in [2.45, 2.75) is 25.3 Å². The largest absolute Gasteiger partial charge is 0.376 e. The van der Waals surface area contributed by atoms with Crippen LogP contribution in [-0.2, 0) is 5.54 Å². The van der Waals surface area contributed by atoms with Crippen LogP contribution in [0, 0.1) is 0 Å². The van der Waals surface area contributed by atoms with Gasteiger partial charge < -0.3 is 5.32 Å². The average Bonchev–Trinajstić information content (AvgIpc) is 3.25. The second-order valence-electron chi connectivity index (χ2n) is 7.64. The molecule has 0 saturated heterocycles. The number of allylic oxidation sites excluding steroid dienone is 1. The molecule has 2 aromatic carbocycles. The van der Waals surface area contributed by atoms with Crippen LogP contribution in [0.1, 0.15) is 25.3 Å². The number of fused-ring (bicyclic) bond motifs is 1. The van der Waals surface area contributed by atoms with Gasteiger partial charge in [0.25, 0.3) is 0 Å². The Morgan fingerprint density at radius 2 is 1.74 bits per heavy atom. The standard InChI is InChI=1S/C21H27NP/c1-16(15-23(3,4)5)17(2)22-21(13-14-21)20-12-8-10-18-9-6-7-11-19(18)20/h6-12,15,22H,2,13-14H2,1,3-5H3/q+1/b16-15+. The molecule has 0 atom stereocenters. The van der Waals surface area contributed by atoms with Crippen LogP contribution in [0.25, 0.3) is 10.8 Å². The molecule has 1 fully saturated rings. The predicted octanol–water partition coefficient (Wildman–Crippen LogP) is 5.74. The second-order valence-corrected chi connectivity index (χ2v) is 12.1. The third-order valence-electron chi connectivity index (χ3n) is 4.50. The van der Waals surface area contributed by atoms with Gasteiger partial charge in [-0.2, -0.15) is 0 Å². The molecular weight excluding hydrogens is 297 g/mol. The lowest BCUT2D eigenvalue weighted by atomic mass is 9.96. The van der Waals surface area contributed by atoms with Gasteiger partial charge in [-0.1, -0.05) is 49.0 Å². The van der Waals surface area contributed by atoms with Crippen molar-refractivity contribution in [3.05, 3.63) is 71.7 Å².